The zero-order chi connectivity index (χ0) is 19.5. The first-order valence-electron chi connectivity index (χ1n) is 10.0. The molecular formula is C22H25NO5. The number of ether oxygens (including phenoxy) is 3. The number of methoxy groups -OCH3 is 2. The van der Waals surface area contributed by atoms with Gasteiger partial charge >= 0.3 is 5.97 Å². The lowest BCUT2D eigenvalue weighted by Crippen LogP contribution is -2.79. The van der Waals surface area contributed by atoms with Gasteiger partial charge in [0.1, 0.15) is 11.7 Å². The Morgan fingerprint density at radius 2 is 2.14 bits per heavy atom. The first kappa shape index (κ1) is 16.9. The summed E-state index contributed by atoms with van der Waals surface area (Å²) in [5.41, 5.74) is 1.05. The molecule has 6 heteroatoms. The van der Waals surface area contributed by atoms with Crippen LogP contribution in [0.25, 0.3) is 0 Å². The summed E-state index contributed by atoms with van der Waals surface area (Å²) in [6.45, 7) is 0.966. The molecule has 2 spiro atoms. The van der Waals surface area contributed by atoms with Crippen LogP contribution in [0.2, 0.25) is 0 Å². The number of carboxylic acid groups (broad SMARTS) is 1. The molecule has 0 aromatic heterocycles. The van der Waals surface area contributed by atoms with Crippen molar-refractivity contribution in [1.29, 1.82) is 0 Å². The van der Waals surface area contributed by atoms with Gasteiger partial charge in [0.2, 0.25) is 0 Å². The van der Waals surface area contributed by atoms with E-state index in [1.54, 1.807) is 14.2 Å². The minimum Gasteiger partial charge on any atom is -0.493 e. The van der Waals surface area contributed by atoms with Crippen LogP contribution in [0.4, 0.5) is 0 Å². The highest BCUT2D eigenvalue weighted by Gasteiger charge is 2.79. The zero-order valence-electron chi connectivity index (χ0n) is 16.4. The molecule has 6 atom stereocenters. The Kier molecular flexibility index (Phi) is 2.96. The largest absolute Gasteiger partial charge is 0.493 e. The van der Waals surface area contributed by atoms with Gasteiger partial charge < -0.3 is 24.2 Å². The van der Waals surface area contributed by atoms with E-state index in [-0.39, 0.29) is 23.0 Å². The van der Waals surface area contributed by atoms with E-state index in [0.29, 0.717) is 6.42 Å². The molecule has 6 unspecified atom stereocenters. The van der Waals surface area contributed by atoms with Crippen molar-refractivity contribution in [3.8, 4) is 11.5 Å². The van der Waals surface area contributed by atoms with Crippen molar-refractivity contribution in [3.05, 3.63) is 35.4 Å². The first-order valence-corrected chi connectivity index (χ1v) is 10.0. The molecule has 1 saturated heterocycles. The van der Waals surface area contributed by atoms with Gasteiger partial charge in [0, 0.05) is 24.1 Å². The van der Waals surface area contributed by atoms with Crippen molar-refractivity contribution >= 4 is 5.97 Å². The number of hydrogen-bond acceptors (Lipinski definition) is 5. The number of nitrogens with zero attached hydrogens (tertiary/aromatic N) is 1. The predicted octanol–water partition coefficient (Wildman–Crippen LogP) is 2.00. The summed E-state index contributed by atoms with van der Waals surface area (Å²) in [5.74, 6) is 0.0936. The number of rotatable bonds is 3. The van der Waals surface area contributed by atoms with Crippen molar-refractivity contribution in [2.24, 2.45) is 11.3 Å². The third-order valence-corrected chi connectivity index (χ3v) is 8.58. The average Bonchev–Trinajstić information content (AvgIpc) is 3.07. The van der Waals surface area contributed by atoms with E-state index >= 15 is 0 Å². The Hall–Kier alpha value is -2.05. The molecule has 0 amide bonds. The first-order chi connectivity index (χ1) is 13.4. The molecule has 2 aliphatic heterocycles. The van der Waals surface area contributed by atoms with Gasteiger partial charge in [-0.1, -0.05) is 18.2 Å². The molecule has 2 heterocycles. The maximum atomic E-state index is 12.4. The molecule has 6 nitrogen and oxygen atoms in total. The smallest absolute Gasteiger partial charge is 0.309 e. The summed E-state index contributed by atoms with van der Waals surface area (Å²) in [7, 11) is 5.45. The summed E-state index contributed by atoms with van der Waals surface area (Å²) in [4.78, 5) is 14.8. The minimum absolute atomic E-state index is 0.257. The van der Waals surface area contributed by atoms with Gasteiger partial charge in [0.05, 0.1) is 18.4 Å². The minimum atomic E-state index is -0.966. The number of fused-ring (bicyclic) bond motifs is 1. The highest BCUT2D eigenvalue weighted by Crippen LogP contribution is 2.74. The van der Waals surface area contributed by atoms with Crippen LogP contribution >= 0.6 is 0 Å². The van der Waals surface area contributed by atoms with Crippen LogP contribution in [0.3, 0.4) is 0 Å². The number of likely N-dealkylation sites (N-methyl/N-ethyl adjacent to an activating group) is 1. The standard InChI is InChI=1S/C22H25NO5/c1-23-9-8-21-16-12-4-5-14(26-2)17(16)28-19(21)22(27-3)7-6-20(21,15(23)10-12)11-13(22)18(24)25/h4-7,13,15,19H,8-11H2,1-3H3,(H,24,25). The highest BCUT2D eigenvalue weighted by atomic mass is 16.6. The maximum Gasteiger partial charge on any atom is 0.309 e. The summed E-state index contributed by atoms with van der Waals surface area (Å²) in [6.07, 6.45) is 6.35. The molecule has 2 fully saturated rings. The van der Waals surface area contributed by atoms with E-state index in [1.807, 2.05) is 12.1 Å². The predicted molar refractivity (Wildman–Crippen MR) is 101 cm³/mol. The number of piperidine rings is 1. The SMILES string of the molecule is COc1ccc2c3c1OC1C4(OC)C=CC5(CC4C(=O)O)C(C2)N(C)CCC315. The summed E-state index contributed by atoms with van der Waals surface area (Å²) in [6, 6.07) is 4.41. The van der Waals surface area contributed by atoms with Gasteiger partial charge in [0.15, 0.2) is 11.5 Å². The van der Waals surface area contributed by atoms with Gasteiger partial charge in [-0.3, -0.25) is 4.79 Å². The summed E-state index contributed by atoms with van der Waals surface area (Å²) in [5, 5.41) is 10.1. The van der Waals surface area contributed by atoms with Gasteiger partial charge in [-0.15, -0.1) is 0 Å². The molecule has 7 rings (SSSR count). The third kappa shape index (κ3) is 1.46. The molecule has 1 N–H and O–H groups in total. The lowest BCUT2D eigenvalue weighted by atomic mass is 9.37. The Bertz CT molecular complexity index is 943. The number of carboxylic acids is 1. The monoisotopic (exact) mass is 383 g/mol. The second kappa shape index (κ2) is 4.92. The molecular weight excluding hydrogens is 358 g/mol. The molecule has 1 saturated carbocycles. The van der Waals surface area contributed by atoms with Crippen LogP contribution in [0.1, 0.15) is 24.0 Å². The fourth-order valence-corrected chi connectivity index (χ4v) is 7.49. The average molecular weight is 383 g/mol. The number of benzene rings is 1. The van der Waals surface area contributed by atoms with Gasteiger partial charge in [0.25, 0.3) is 0 Å². The third-order valence-electron chi connectivity index (χ3n) is 8.58. The van der Waals surface area contributed by atoms with Gasteiger partial charge in [-0.2, -0.15) is 0 Å². The Labute approximate surface area is 164 Å². The summed E-state index contributed by atoms with van der Waals surface area (Å²) >= 11 is 0. The van der Waals surface area contributed by atoms with Gasteiger partial charge in [-0.25, -0.2) is 0 Å². The van der Waals surface area contributed by atoms with E-state index in [2.05, 4.69) is 24.1 Å². The number of aliphatic carboxylic acids is 1. The topological polar surface area (TPSA) is 68.2 Å². The van der Waals surface area contributed by atoms with E-state index in [0.717, 1.165) is 30.9 Å². The fraction of sp³-hybridized carbons (Fsp3) is 0.591. The van der Waals surface area contributed by atoms with E-state index in [1.165, 1.54) is 11.1 Å². The van der Waals surface area contributed by atoms with Crippen LogP contribution in [0, 0.1) is 11.3 Å². The molecule has 148 valence electrons. The fourth-order valence-electron chi connectivity index (χ4n) is 7.49. The van der Waals surface area contributed by atoms with Crippen LogP contribution in [0.15, 0.2) is 24.3 Å². The normalized spacial score (nSPS) is 44.2. The number of carbonyl (C=O) groups is 1. The van der Waals surface area contributed by atoms with E-state index in [9.17, 15) is 9.90 Å². The van der Waals surface area contributed by atoms with E-state index < -0.39 is 17.5 Å². The molecule has 1 aromatic rings. The summed E-state index contributed by atoms with van der Waals surface area (Å²) < 4.78 is 18.3. The Morgan fingerprint density at radius 1 is 1.32 bits per heavy atom. The van der Waals surface area contributed by atoms with Crippen LogP contribution in [-0.2, 0) is 21.4 Å². The zero-order valence-corrected chi connectivity index (χ0v) is 16.4. The number of likely N-dealkylation sites (tertiary alicyclic amines) is 1. The van der Waals surface area contributed by atoms with Crippen molar-refractivity contribution in [3.63, 3.8) is 0 Å². The van der Waals surface area contributed by atoms with Crippen LogP contribution in [-0.4, -0.2) is 61.5 Å². The number of hydrogen-bond donors (Lipinski definition) is 1. The second-order valence-electron chi connectivity index (χ2n) is 9.08. The van der Waals surface area contributed by atoms with Crippen LogP contribution in [0.5, 0.6) is 11.5 Å². The maximum absolute atomic E-state index is 12.4. The van der Waals surface area contributed by atoms with E-state index in [4.69, 9.17) is 14.2 Å². The molecule has 0 radical (unpaired) electrons. The van der Waals surface area contributed by atoms with Crippen molar-refractivity contribution < 1.29 is 24.1 Å². The lowest BCUT2D eigenvalue weighted by Gasteiger charge is -2.70. The highest BCUT2D eigenvalue weighted by molar-refractivity contribution is 5.76. The van der Waals surface area contributed by atoms with Crippen molar-refractivity contribution in [2.45, 2.75) is 42.4 Å². The molecule has 1 aromatic carbocycles. The van der Waals surface area contributed by atoms with Crippen LogP contribution < -0.4 is 9.47 Å². The Balaban J connectivity index is 1.72. The molecule has 6 aliphatic rings. The lowest BCUT2D eigenvalue weighted by molar-refractivity contribution is -0.219. The second-order valence-corrected chi connectivity index (χ2v) is 9.08. The molecule has 4 aliphatic carbocycles. The van der Waals surface area contributed by atoms with Crippen molar-refractivity contribution in [2.75, 3.05) is 27.8 Å². The van der Waals surface area contributed by atoms with Gasteiger partial charge in [-0.05, 0) is 44.5 Å². The van der Waals surface area contributed by atoms with Crippen molar-refractivity contribution in [1.82, 2.24) is 4.90 Å². The quantitative estimate of drug-likeness (QED) is 0.806. The molecule has 4 bridgehead atoms. The Morgan fingerprint density at radius 3 is 2.86 bits per heavy atom. The molecule has 28 heavy (non-hydrogen) atoms.